The Morgan fingerprint density at radius 3 is 2.91 bits per heavy atom. The number of methoxy groups -OCH3 is 1. The molecule has 0 bridgehead atoms. The van der Waals surface area contributed by atoms with E-state index in [1.54, 1.807) is 6.92 Å². The van der Waals surface area contributed by atoms with Gasteiger partial charge in [0.2, 0.25) is 5.69 Å². The Morgan fingerprint density at radius 2 is 2.36 bits per heavy atom. The highest BCUT2D eigenvalue weighted by Crippen LogP contribution is 2.18. The van der Waals surface area contributed by atoms with Crippen LogP contribution in [0.1, 0.15) is 5.69 Å². The summed E-state index contributed by atoms with van der Waals surface area (Å²) in [5.74, 6) is 0.146. The van der Waals surface area contributed by atoms with E-state index in [-0.39, 0.29) is 5.88 Å². The first-order chi connectivity index (χ1) is 5.15. The molecule has 60 valence electrons. The first kappa shape index (κ1) is 8.07. The Bertz CT molecular complexity index is 278. The highest BCUT2D eigenvalue weighted by molar-refractivity contribution is 6.31. The molecule has 0 unspecified atom stereocenters. The lowest BCUT2D eigenvalue weighted by atomic mass is 10.4. The van der Waals surface area contributed by atoms with Crippen molar-refractivity contribution in [2.75, 3.05) is 7.11 Å². The molecule has 0 atom stereocenters. The van der Waals surface area contributed by atoms with Crippen molar-refractivity contribution in [2.24, 2.45) is 0 Å². The predicted molar refractivity (Wildman–Crippen MR) is 39.5 cm³/mol. The molecule has 0 saturated heterocycles. The van der Waals surface area contributed by atoms with Crippen molar-refractivity contribution in [3.05, 3.63) is 22.0 Å². The lowest BCUT2D eigenvalue weighted by Crippen LogP contribution is -2.34. The number of nitrogens with zero attached hydrogens (tertiary/aromatic N) is 2. The quantitative estimate of drug-likeness (QED) is 0.465. The molecule has 11 heavy (non-hydrogen) atoms. The van der Waals surface area contributed by atoms with E-state index in [2.05, 4.69) is 5.10 Å². The largest absolute Gasteiger partial charge is 0.594 e. The molecule has 0 radical (unpaired) electrons. The van der Waals surface area contributed by atoms with Crippen molar-refractivity contribution in [2.45, 2.75) is 6.92 Å². The van der Waals surface area contributed by atoms with Gasteiger partial charge in [-0.2, -0.15) is 0 Å². The third-order valence-electron chi connectivity index (χ3n) is 1.22. The summed E-state index contributed by atoms with van der Waals surface area (Å²) < 4.78 is 4.72. The molecule has 1 rings (SSSR count). The fraction of sp³-hybridized carbons (Fsp3) is 0.333. The van der Waals surface area contributed by atoms with Gasteiger partial charge in [-0.15, -0.1) is 0 Å². The molecule has 0 aliphatic heterocycles. The van der Waals surface area contributed by atoms with Gasteiger partial charge in [-0.1, -0.05) is 16.4 Å². The second-order valence-corrected chi connectivity index (χ2v) is 2.42. The molecule has 0 aromatic carbocycles. The van der Waals surface area contributed by atoms with E-state index < -0.39 is 0 Å². The van der Waals surface area contributed by atoms with Crippen molar-refractivity contribution in [1.29, 1.82) is 0 Å². The number of aromatic nitrogens is 2. The summed E-state index contributed by atoms with van der Waals surface area (Å²) in [5, 5.41) is 14.7. The van der Waals surface area contributed by atoms with Crippen molar-refractivity contribution in [3.63, 3.8) is 0 Å². The van der Waals surface area contributed by atoms with Gasteiger partial charge in [-0.25, -0.2) is 0 Å². The summed E-state index contributed by atoms with van der Waals surface area (Å²) in [6.07, 6.45) is 0. The molecule has 1 aromatic rings. The molecule has 0 saturated carbocycles. The molecule has 0 amide bonds. The molecule has 1 aromatic heterocycles. The molecule has 4 nitrogen and oxygen atoms in total. The maximum absolute atomic E-state index is 10.8. The van der Waals surface area contributed by atoms with Crippen LogP contribution >= 0.6 is 11.6 Å². The third kappa shape index (κ3) is 1.51. The Morgan fingerprint density at radius 1 is 1.73 bits per heavy atom. The SMILES string of the molecule is COc1n[n+]([O-])c(C)cc1Cl. The number of hydrogen-bond donors (Lipinski definition) is 0. The van der Waals surface area contributed by atoms with Gasteiger partial charge in [-0.3, -0.25) is 0 Å². The number of rotatable bonds is 1. The highest BCUT2D eigenvalue weighted by Gasteiger charge is 2.09. The minimum Gasteiger partial charge on any atom is -0.594 e. The average Bonchev–Trinajstić information content (AvgIpc) is 1.97. The fourth-order valence-corrected chi connectivity index (χ4v) is 0.921. The zero-order chi connectivity index (χ0) is 8.43. The number of halogens is 1. The van der Waals surface area contributed by atoms with Crippen LogP contribution < -0.4 is 9.58 Å². The summed E-state index contributed by atoms with van der Waals surface area (Å²) in [5.41, 5.74) is 0.441. The van der Waals surface area contributed by atoms with Gasteiger partial charge >= 0.3 is 0 Å². The second-order valence-electron chi connectivity index (χ2n) is 2.02. The molecule has 0 N–H and O–H groups in total. The number of ether oxygens (including phenoxy) is 1. The van der Waals surface area contributed by atoms with E-state index in [9.17, 15) is 5.21 Å². The molecule has 1 heterocycles. The number of aryl methyl sites for hydroxylation is 1. The standard InChI is InChI=1S/C6H7ClN2O2/c1-4-3-5(7)6(11-2)8-9(4)10/h3H,1-2H3. The van der Waals surface area contributed by atoms with Crippen LogP contribution in [0.3, 0.4) is 0 Å². The lowest BCUT2D eigenvalue weighted by molar-refractivity contribution is -0.675. The topological polar surface area (TPSA) is 49.1 Å². The van der Waals surface area contributed by atoms with Crippen LogP contribution in [0.5, 0.6) is 5.88 Å². The van der Waals surface area contributed by atoms with Gasteiger partial charge in [0.05, 0.1) is 12.2 Å². The second kappa shape index (κ2) is 2.92. The van der Waals surface area contributed by atoms with E-state index >= 15 is 0 Å². The first-order valence-electron chi connectivity index (χ1n) is 2.96. The van der Waals surface area contributed by atoms with Crippen LogP contribution in [0.15, 0.2) is 6.07 Å². The van der Waals surface area contributed by atoms with Crippen LogP contribution in [0, 0.1) is 12.1 Å². The summed E-state index contributed by atoms with van der Waals surface area (Å²) >= 11 is 5.66. The average molecular weight is 175 g/mol. The minimum absolute atomic E-state index is 0.146. The van der Waals surface area contributed by atoms with E-state index in [1.807, 2.05) is 0 Å². The zero-order valence-electron chi connectivity index (χ0n) is 6.17. The predicted octanol–water partition coefficient (Wildman–Crippen LogP) is 0.685. The Kier molecular flexibility index (Phi) is 2.14. The Hall–Kier alpha value is -1.03. The van der Waals surface area contributed by atoms with Crippen LogP contribution in [0.2, 0.25) is 5.02 Å². The van der Waals surface area contributed by atoms with Crippen LogP contribution in [-0.4, -0.2) is 12.2 Å². The van der Waals surface area contributed by atoms with Crippen molar-refractivity contribution >= 4 is 11.6 Å². The van der Waals surface area contributed by atoms with Gasteiger partial charge in [0.25, 0.3) is 5.88 Å². The fourth-order valence-electron chi connectivity index (χ4n) is 0.648. The summed E-state index contributed by atoms with van der Waals surface area (Å²) in [4.78, 5) is 0.463. The van der Waals surface area contributed by atoms with E-state index in [0.29, 0.717) is 15.6 Å². The molecule has 5 heteroatoms. The maximum atomic E-state index is 10.8. The smallest absolute Gasteiger partial charge is 0.299 e. The molecule has 0 aliphatic rings. The molecule has 0 fully saturated rings. The van der Waals surface area contributed by atoms with Crippen molar-refractivity contribution in [3.8, 4) is 5.88 Å². The third-order valence-corrected chi connectivity index (χ3v) is 1.49. The normalized spacial score (nSPS) is 9.73. The van der Waals surface area contributed by atoms with E-state index in [0.717, 1.165) is 0 Å². The van der Waals surface area contributed by atoms with Gasteiger partial charge in [0.15, 0.2) is 0 Å². The highest BCUT2D eigenvalue weighted by atomic mass is 35.5. The van der Waals surface area contributed by atoms with Crippen molar-refractivity contribution in [1.82, 2.24) is 5.10 Å². The summed E-state index contributed by atoms with van der Waals surface area (Å²) in [6, 6.07) is 1.50. The summed E-state index contributed by atoms with van der Waals surface area (Å²) in [6.45, 7) is 1.62. The van der Waals surface area contributed by atoms with Crippen LogP contribution in [-0.2, 0) is 0 Å². The van der Waals surface area contributed by atoms with Gasteiger partial charge in [0.1, 0.15) is 5.02 Å². The van der Waals surface area contributed by atoms with E-state index in [1.165, 1.54) is 13.2 Å². The lowest BCUT2D eigenvalue weighted by Gasteiger charge is -2.01. The monoisotopic (exact) mass is 174 g/mol. The van der Waals surface area contributed by atoms with Gasteiger partial charge < -0.3 is 9.94 Å². The van der Waals surface area contributed by atoms with E-state index in [4.69, 9.17) is 16.3 Å². The van der Waals surface area contributed by atoms with Crippen LogP contribution in [0.25, 0.3) is 0 Å². The first-order valence-corrected chi connectivity index (χ1v) is 3.34. The van der Waals surface area contributed by atoms with Crippen molar-refractivity contribution < 1.29 is 9.58 Å². The minimum atomic E-state index is 0.146. The Balaban J connectivity index is 3.21. The maximum Gasteiger partial charge on any atom is 0.299 e. The van der Waals surface area contributed by atoms with Gasteiger partial charge in [-0.05, 0) is 0 Å². The van der Waals surface area contributed by atoms with Gasteiger partial charge in [0, 0.05) is 13.0 Å². The zero-order valence-corrected chi connectivity index (χ0v) is 6.92. The molecular formula is C6H7ClN2O2. The Labute approximate surface area is 68.9 Å². The van der Waals surface area contributed by atoms with Crippen LogP contribution in [0.4, 0.5) is 0 Å². The molecule has 0 spiro atoms. The summed E-state index contributed by atoms with van der Waals surface area (Å²) in [7, 11) is 1.41. The molecule has 0 aliphatic carbocycles. The number of hydrogen-bond acceptors (Lipinski definition) is 3. The molecular weight excluding hydrogens is 168 g/mol.